The first-order valence-electron chi connectivity index (χ1n) is 6.22. The van der Waals surface area contributed by atoms with E-state index in [0.717, 1.165) is 5.75 Å². The normalized spacial score (nSPS) is 10.9. The smallest absolute Gasteiger partial charge is 0.320 e. The minimum atomic E-state index is -0.963. The van der Waals surface area contributed by atoms with Crippen LogP contribution in [0.1, 0.15) is 6.92 Å². The van der Waals surface area contributed by atoms with Crippen LogP contribution < -0.4 is 10.5 Å². The molecule has 0 fully saturated rings. The number of rotatable bonds is 3. The summed E-state index contributed by atoms with van der Waals surface area (Å²) in [7, 11) is 1.68. The van der Waals surface area contributed by atoms with Gasteiger partial charge in [0.2, 0.25) is 0 Å². The third kappa shape index (κ3) is 5.12. The molecular weight excluding hydrogens is 254 g/mol. The lowest BCUT2D eigenvalue weighted by molar-refractivity contribution is -0.138. The van der Waals surface area contributed by atoms with E-state index in [-0.39, 0.29) is 0 Å². The van der Waals surface area contributed by atoms with Gasteiger partial charge in [-0.25, -0.2) is 0 Å². The van der Waals surface area contributed by atoms with E-state index < -0.39 is 12.0 Å². The maximum absolute atomic E-state index is 9.57. The maximum atomic E-state index is 9.57. The van der Waals surface area contributed by atoms with Gasteiger partial charge in [0.05, 0.1) is 7.11 Å². The second kappa shape index (κ2) is 7.96. The van der Waals surface area contributed by atoms with E-state index in [4.69, 9.17) is 15.6 Å². The zero-order chi connectivity index (χ0) is 15.0. The number of benzene rings is 2. The Morgan fingerprint density at radius 2 is 1.50 bits per heavy atom. The standard InChI is InChI=1S/C13H12O.C3H7NO2/c1-14-13-9-7-12(8-10-13)11-5-3-2-4-6-11;1-2(4)3(5)6/h2-10H,1H3;2H,4H2,1H3,(H,5,6)/t;2-/m.0/s1. The summed E-state index contributed by atoms with van der Waals surface area (Å²) in [6, 6.07) is 17.6. The Balaban J connectivity index is 0.000000286. The lowest BCUT2D eigenvalue weighted by Crippen LogP contribution is -2.25. The van der Waals surface area contributed by atoms with Gasteiger partial charge in [-0.2, -0.15) is 0 Å². The molecule has 3 N–H and O–H groups in total. The molecule has 0 saturated carbocycles. The molecule has 106 valence electrons. The fourth-order valence-electron chi connectivity index (χ4n) is 1.41. The Morgan fingerprint density at radius 1 is 1.05 bits per heavy atom. The summed E-state index contributed by atoms with van der Waals surface area (Å²) < 4.78 is 5.11. The predicted octanol–water partition coefficient (Wildman–Crippen LogP) is 2.78. The van der Waals surface area contributed by atoms with Crippen molar-refractivity contribution in [2.24, 2.45) is 5.73 Å². The molecule has 20 heavy (non-hydrogen) atoms. The number of carbonyl (C=O) groups is 1. The summed E-state index contributed by atoms with van der Waals surface area (Å²) in [4.78, 5) is 9.57. The summed E-state index contributed by atoms with van der Waals surface area (Å²) in [5.41, 5.74) is 7.28. The van der Waals surface area contributed by atoms with Crippen LogP contribution in [0.4, 0.5) is 0 Å². The third-order valence-corrected chi connectivity index (χ3v) is 2.59. The molecule has 0 aliphatic rings. The van der Waals surface area contributed by atoms with E-state index in [1.165, 1.54) is 18.1 Å². The Morgan fingerprint density at radius 3 is 1.90 bits per heavy atom. The van der Waals surface area contributed by atoms with Crippen LogP contribution in [0.2, 0.25) is 0 Å². The number of carboxylic acid groups (broad SMARTS) is 1. The van der Waals surface area contributed by atoms with Crippen molar-refractivity contribution in [2.75, 3.05) is 7.11 Å². The number of nitrogens with two attached hydrogens (primary N) is 1. The summed E-state index contributed by atoms with van der Waals surface area (Å²) in [6.45, 7) is 1.42. The molecule has 0 aliphatic carbocycles. The average Bonchev–Trinajstić information content (AvgIpc) is 2.49. The Bertz CT molecular complexity index is 521. The van der Waals surface area contributed by atoms with E-state index in [1.807, 2.05) is 30.3 Å². The highest BCUT2D eigenvalue weighted by atomic mass is 16.5. The van der Waals surface area contributed by atoms with E-state index in [2.05, 4.69) is 24.3 Å². The van der Waals surface area contributed by atoms with Crippen molar-refractivity contribution in [3.63, 3.8) is 0 Å². The molecule has 0 saturated heterocycles. The molecule has 0 unspecified atom stereocenters. The predicted molar refractivity (Wildman–Crippen MR) is 79.7 cm³/mol. The average molecular weight is 273 g/mol. The Kier molecular flexibility index (Phi) is 6.26. The fourth-order valence-corrected chi connectivity index (χ4v) is 1.41. The van der Waals surface area contributed by atoms with Crippen molar-refractivity contribution in [1.29, 1.82) is 0 Å². The van der Waals surface area contributed by atoms with Gasteiger partial charge < -0.3 is 15.6 Å². The van der Waals surface area contributed by atoms with Gasteiger partial charge in [0.15, 0.2) is 0 Å². The molecule has 2 rings (SSSR count). The third-order valence-electron chi connectivity index (χ3n) is 2.59. The maximum Gasteiger partial charge on any atom is 0.320 e. The van der Waals surface area contributed by atoms with Gasteiger partial charge in [0, 0.05) is 0 Å². The van der Waals surface area contributed by atoms with Gasteiger partial charge in [0.25, 0.3) is 0 Å². The number of aliphatic carboxylic acids is 1. The first-order valence-corrected chi connectivity index (χ1v) is 6.22. The highest BCUT2D eigenvalue weighted by Crippen LogP contribution is 2.21. The SMILES string of the molecule is COc1ccc(-c2ccccc2)cc1.C[C@H](N)C(=O)O. The first kappa shape index (κ1) is 15.7. The lowest BCUT2D eigenvalue weighted by atomic mass is 10.1. The largest absolute Gasteiger partial charge is 0.497 e. The number of methoxy groups -OCH3 is 1. The van der Waals surface area contributed by atoms with Crippen molar-refractivity contribution < 1.29 is 14.6 Å². The van der Waals surface area contributed by atoms with Crippen LogP contribution >= 0.6 is 0 Å². The summed E-state index contributed by atoms with van der Waals surface area (Å²) in [5, 5.41) is 7.87. The molecule has 0 heterocycles. The van der Waals surface area contributed by atoms with Crippen molar-refractivity contribution in [3.8, 4) is 16.9 Å². The molecule has 4 nitrogen and oxygen atoms in total. The molecule has 0 radical (unpaired) electrons. The van der Waals surface area contributed by atoms with Crippen LogP contribution in [0.15, 0.2) is 54.6 Å². The van der Waals surface area contributed by atoms with Crippen molar-refractivity contribution in [1.82, 2.24) is 0 Å². The Hall–Kier alpha value is -2.33. The number of hydrogen-bond donors (Lipinski definition) is 2. The van der Waals surface area contributed by atoms with Gasteiger partial charge in [-0.1, -0.05) is 42.5 Å². The van der Waals surface area contributed by atoms with Crippen LogP contribution in [-0.2, 0) is 4.79 Å². The quantitative estimate of drug-likeness (QED) is 0.902. The van der Waals surface area contributed by atoms with Crippen LogP contribution in [0, 0.1) is 0 Å². The second-order valence-electron chi connectivity index (χ2n) is 4.22. The van der Waals surface area contributed by atoms with Gasteiger partial charge in [0.1, 0.15) is 11.8 Å². The van der Waals surface area contributed by atoms with E-state index >= 15 is 0 Å². The highest BCUT2D eigenvalue weighted by molar-refractivity contribution is 5.72. The number of carboxylic acids is 1. The summed E-state index contributed by atoms with van der Waals surface area (Å²) in [5.74, 6) is -0.0697. The van der Waals surface area contributed by atoms with Crippen LogP contribution in [0.25, 0.3) is 11.1 Å². The molecule has 1 atom stereocenters. The van der Waals surface area contributed by atoms with Crippen molar-refractivity contribution in [2.45, 2.75) is 13.0 Å². The fraction of sp³-hybridized carbons (Fsp3) is 0.188. The van der Waals surface area contributed by atoms with E-state index in [1.54, 1.807) is 7.11 Å². The molecular formula is C16H19NO3. The summed E-state index contributed by atoms with van der Waals surface area (Å²) >= 11 is 0. The van der Waals surface area contributed by atoms with Gasteiger partial charge in [-0.05, 0) is 30.2 Å². The van der Waals surface area contributed by atoms with Crippen LogP contribution in [0.5, 0.6) is 5.75 Å². The van der Waals surface area contributed by atoms with Crippen LogP contribution in [-0.4, -0.2) is 24.2 Å². The van der Waals surface area contributed by atoms with E-state index in [9.17, 15) is 4.79 Å². The zero-order valence-corrected chi connectivity index (χ0v) is 11.6. The molecule has 2 aromatic carbocycles. The van der Waals surface area contributed by atoms with Gasteiger partial charge in [-0.15, -0.1) is 0 Å². The number of ether oxygens (including phenoxy) is 1. The minimum absolute atomic E-state index is 0.731. The molecule has 2 aromatic rings. The Labute approximate surface area is 118 Å². The first-order chi connectivity index (χ1) is 9.54. The molecule has 0 aliphatic heterocycles. The number of hydrogen-bond acceptors (Lipinski definition) is 3. The topological polar surface area (TPSA) is 72.5 Å². The lowest BCUT2D eigenvalue weighted by Gasteiger charge is -2.02. The molecule has 0 bridgehead atoms. The highest BCUT2D eigenvalue weighted by Gasteiger charge is 1.99. The molecule has 0 amide bonds. The van der Waals surface area contributed by atoms with Gasteiger partial charge in [-0.3, -0.25) is 4.79 Å². The van der Waals surface area contributed by atoms with E-state index in [0.29, 0.717) is 0 Å². The zero-order valence-electron chi connectivity index (χ0n) is 11.6. The van der Waals surface area contributed by atoms with Crippen molar-refractivity contribution >= 4 is 5.97 Å². The van der Waals surface area contributed by atoms with Crippen molar-refractivity contribution in [3.05, 3.63) is 54.6 Å². The van der Waals surface area contributed by atoms with Gasteiger partial charge >= 0.3 is 5.97 Å². The second-order valence-corrected chi connectivity index (χ2v) is 4.22. The van der Waals surface area contributed by atoms with Crippen LogP contribution in [0.3, 0.4) is 0 Å². The monoisotopic (exact) mass is 273 g/mol. The molecule has 4 heteroatoms. The molecule has 0 spiro atoms. The minimum Gasteiger partial charge on any atom is -0.497 e. The molecule has 0 aromatic heterocycles. The summed E-state index contributed by atoms with van der Waals surface area (Å²) in [6.07, 6.45) is 0.